The van der Waals surface area contributed by atoms with Gasteiger partial charge in [0.15, 0.2) is 0 Å². The third-order valence-corrected chi connectivity index (χ3v) is 3.52. The van der Waals surface area contributed by atoms with Crippen LogP contribution in [0.25, 0.3) is 0 Å². The Morgan fingerprint density at radius 3 is 2.63 bits per heavy atom. The minimum absolute atomic E-state index is 0.342. The lowest BCUT2D eigenvalue weighted by Crippen LogP contribution is -2.44. The third-order valence-electron chi connectivity index (χ3n) is 3.52. The zero-order chi connectivity index (χ0) is 14.2. The fourth-order valence-corrected chi connectivity index (χ4v) is 2.42. The number of methoxy groups -OCH3 is 1. The van der Waals surface area contributed by atoms with Gasteiger partial charge in [-0.15, -0.1) is 0 Å². The van der Waals surface area contributed by atoms with Gasteiger partial charge >= 0.3 is 11.7 Å². The first-order valence-corrected chi connectivity index (χ1v) is 6.09. The summed E-state index contributed by atoms with van der Waals surface area (Å²) in [6.07, 6.45) is 1.49. The summed E-state index contributed by atoms with van der Waals surface area (Å²) in [7, 11) is 4.35. The quantitative estimate of drug-likeness (QED) is 0.658. The number of carbonyl (C=O) groups excluding carboxylic acids is 1. The molecule has 1 aliphatic heterocycles. The zero-order valence-electron chi connectivity index (χ0n) is 11.3. The predicted molar refractivity (Wildman–Crippen MR) is 69.3 cm³/mol. The number of carbonyl (C=O) groups is 1. The standard InChI is InChI=1S/C12H17N3O4/c1-13-9(7-10(16)14(2)12(13)18)15-6-4-5-8(15)11(17)19-3/h7-8H,4-6H2,1-3H3. The number of hydrogen-bond acceptors (Lipinski definition) is 5. The van der Waals surface area contributed by atoms with Gasteiger partial charge in [0.1, 0.15) is 11.9 Å². The molecule has 1 unspecified atom stereocenters. The molecule has 7 heteroatoms. The molecule has 0 saturated carbocycles. The maximum absolute atomic E-state index is 11.9. The monoisotopic (exact) mass is 267 g/mol. The Labute approximate surface area is 110 Å². The topological polar surface area (TPSA) is 73.5 Å². The van der Waals surface area contributed by atoms with E-state index in [1.807, 2.05) is 0 Å². The molecule has 0 amide bonds. The Balaban J connectivity index is 2.50. The largest absolute Gasteiger partial charge is 0.467 e. The van der Waals surface area contributed by atoms with Crippen molar-refractivity contribution in [3.63, 3.8) is 0 Å². The molecule has 0 N–H and O–H groups in total. The highest BCUT2D eigenvalue weighted by atomic mass is 16.5. The molecule has 1 aliphatic rings. The van der Waals surface area contributed by atoms with E-state index >= 15 is 0 Å². The molecule has 1 aromatic heterocycles. The van der Waals surface area contributed by atoms with Crippen molar-refractivity contribution < 1.29 is 9.53 Å². The molecule has 0 bridgehead atoms. The van der Waals surface area contributed by atoms with Gasteiger partial charge in [0, 0.05) is 26.7 Å². The molecular formula is C12H17N3O4. The van der Waals surface area contributed by atoms with Crippen LogP contribution in [0.1, 0.15) is 12.8 Å². The first kappa shape index (κ1) is 13.4. The van der Waals surface area contributed by atoms with Crippen LogP contribution in [0.3, 0.4) is 0 Å². The molecule has 1 saturated heterocycles. The van der Waals surface area contributed by atoms with E-state index in [9.17, 15) is 14.4 Å². The van der Waals surface area contributed by atoms with Crippen LogP contribution in [0.4, 0.5) is 5.82 Å². The highest BCUT2D eigenvalue weighted by Crippen LogP contribution is 2.24. The van der Waals surface area contributed by atoms with E-state index < -0.39 is 11.7 Å². The fourth-order valence-electron chi connectivity index (χ4n) is 2.42. The summed E-state index contributed by atoms with van der Waals surface area (Å²) in [6.45, 7) is 0.625. The van der Waals surface area contributed by atoms with Crippen LogP contribution in [0.2, 0.25) is 0 Å². The first-order chi connectivity index (χ1) is 8.97. The normalized spacial score (nSPS) is 18.7. The van der Waals surface area contributed by atoms with Crippen LogP contribution < -0.4 is 16.1 Å². The van der Waals surface area contributed by atoms with Gasteiger partial charge in [-0.1, -0.05) is 0 Å². The average molecular weight is 267 g/mol. The van der Waals surface area contributed by atoms with E-state index in [1.165, 1.54) is 24.8 Å². The third kappa shape index (κ3) is 2.16. The van der Waals surface area contributed by atoms with E-state index in [0.29, 0.717) is 18.8 Å². The smallest absolute Gasteiger partial charge is 0.332 e. The van der Waals surface area contributed by atoms with Crippen molar-refractivity contribution in [3.05, 3.63) is 26.9 Å². The van der Waals surface area contributed by atoms with Crippen LogP contribution in [-0.2, 0) is 23.6 Å². The molecule has 0 aliphatic carbocycles. The summed E-state index contributed by atoms with van der Waals surface area (Å²) >= 11 is 0. The number of hydrogen-bond donors (Lipinski definition) is 0. The Bertz CT molecular complexity index is 616. The molecule has 1 aromatic rings. The van der Waals surface area contributed by atoms with E-state index in [-0.39, 0.29) is 11.5 Å². The second kappa shape index (κ2) is 4.91. The summed E-state index contributed by atoms with van der Waals surface area (Å²) in [5.41, 5.74) is -0.786. The lowest BCUT2D eigenvalue weighted by Gasteiger charge is -2.26. The second-order valence-corrected chi connectivity index (χ2v) is 4.62. The molecule has 7 nitrogen and oxygen atoms in total. The van der Waals surface area contributed by atoms with Crippen molar-refractivity contribution in [2.45, 2.75) is 18.9 Å². The van der Waals surface area contributed by atoms with Crippen molar-refractivity contribution in [1.82, 2.24) is 9.13 Å². The van der Waals surface area contributed by atoms with Crippen LogP contribution >= 0.6 is 0 Å². The highest BCUT2D eigenvalue weighted by Gasteiger charge is 2.33. The lowest BCUT2D eigenvalue weighted by atomic mass is 10.2. The van der Waals surface area contributed by atoms with Crippen molar-refractivity contribution in [2.24, 2.45) is 14.1 Å². The molecule has 0 radical (unpaired) electrons. The SMILES string of the molecule is COC(=O)C1CCCN1c1cc(=O)n(C)c(=O)n1C. The minimum Gasteiger partial charge on any atom is -0.467 e. The van der Waals surface area contributed by atoms with Crippen molar-refractivity contribution in [1.29, 1.82) is 0 Å². The second-order valence-electron chi connectivity index (χ2n) is 4.62. The summed E-state index contributed by atoms with van der Waals surface area (Å²) in [6, 6.07) is 0.950. The van der Waals surface area contributed by atoms with Gasteiger partial charge in [-0.25, -0.2) is 9.59 Å². The van der Waals surface area contributed by atoms with Crippen LogP contribution in [0.5, 0.6) is 0 Å². The summed E-state index contributed by atoms with van der Waals surface area (Å²) < 4.78 is 7.17. The molecule has 2 heterocycles. The molecule has 2 rings (SSSR count). The Morgan fingerprint density at radius 1 is 1.32 bits per heavy atom. The molecule has 1 atom stereocenters. The molecule has 19 heavy (non-hydrogen) atoms. The molecule has 0 aromatic carbocycles. The van der Waals surface area contributed by atoms with Gasteiger partial charge in [0.25, 0.3) is 5.56 Å². The first-order valence-electron chi connectivity index (χ1n) is 6.09. The van der Waals surface area contributed by atoms with Gasteiger partial charge < -0.3 is 9.64 Å². The lowest BCUT2D eigenvalue weighted by molar-refractivity contribution is -0.141. The van der Waals surface area contributed by atoms with Crippen molar-refractivity contribution >= 4 is 11.8 Å². The number of ether oxygens (including phenoxy) is 1. The van der Waals surface area contributed by atoms with E-state index in [0.717, 1.165) is 11.0 Å². The number of aromatic nitrogens is 2. The predicted octanol–water partition coefficient (Wildman–Crippen LogP) is -0.774. The van der Waals surface area contributed by atoms with Gasteiger partial charge in [-0.2, -0.15) is 0 Å². The maximum atomic E-state index is 11.9. The highest BCUT2D eigenvalue weighted by molar-refractivity contribution is 5.80. The number of rotatable bonds is 2. The van der Waals surface area contributed by atoms with Gasteiger partial charge in [0.05, 0.1) is 7.11 Å². The van der Waals surface area contributed by atoms with Crippen LogP contribution in [0.15, 0.2) is 15.7 Å². The molecule has 104 valence electrons. The average Bonchev–Trinajstić information content (AvgIpc) is 2.88. The Kier molecular flexibility index (Phi) is 3.46. The number of esters is 1. The fraction of sp³-hybridized carbons (Fsp3) is 0.583. The van der Waals surface area contributed by atoms with E-state index in [1.54, 1.807) is 11.9 Å². The maximum Gasteiger partial charge on any atom is 0.332 e. The van der Waals surface area contributed by atoms with Crippen LogP contribution in [0, 0.1) is 0 Å². The number of nitrogens with zero attached hydrogens (tertiary/aromatic N) is 3. The Morgan fingerprint density at radius 2 is 2.00 bits per heavy atom. The summed E-state index contributed by atoms with van der Waals surface area (Å²) in [4.78, 5) is 37.1. The van der Waals surface area contributed by atoms with Crippen molar-refractivity contribution in [2.75, 3.05) is 18.6 Å². The molecule has 1 fully saturated rings. The Hall–Kier alpha value is -2.05. The summed E-state index contributed by atoms with van der Waals surface area (Å²) in [5, 5.41) is 0. The van der Waals surface area contributed by atoms with Gasteiger partial charge in [-0.05, 0) is 12.8 Å². The molecule has 0 spiro atoms. The van der Waals surface area contributed by atoms with Gasteiger partial charge in [-0.3, -0.25) is 13.9 Å². The zero-order valence-corrected chi connectivity index (χ0v) is 11.3. The van der Waals surface area contributed by atoms with E-state index in [4.69, 9.17) is 4.74 Å². The van der Waals surface area contributed by atoms with E-state index in [2.05, 4.69) is 0 Å². The van der Waals surface area contributed by atoms with Crippen LogP contribution in [-0.4, -0.2) is 34.8 Å². The minimum atomic E-state index is -0.428. The van der Waals surface area contributed by atoms with Gasteiger partial charge in [0.2, 0.25) is 0 Å². The molecular weight excluding hydrogens is 250 g/mol. The summed E-state index contributed by atoms with van der Waals surface area (Å²) in [5.74, 6) is 0.117. The van der Waals surface area contributed by atoms with Crippen molar-refractivity contribution in [3.8, 4) is 0 Å². The number of anilines is 1.